The number of carbonyl (C=O) groups is 1. The third kappa shape index (κ3) is 8.20. The second-order valence-electron chi connectivity index (χ2n) is 15.6. The van der Waals surface area contributed by atoms with Crippen LogP contribution in [0.25, 0.3) is 33.5 Å². The van der Waals surface area contributed by atoms with Crippen molar-refractivity contribution in [2.24, 2.45) is 7.05 Å². The van der Waals surface area contributed by atoms with Gasteiger partial charge >= 0.3 is 0 Å². The summed E-state index contributed by atoms with van der Waals surface area (Å²) in [5.74, 6) is -0.195. The average molecular weight is 623 g/mol. The fraction of sp³-hybridized carbons (Fsp3) is 0.562. The normalized spacial score (nSPS) is 13.6. The van der Waals surface area contributed by atoms with Crippen molar-refractivity contribution in [3.8, 4) is 11.4 Å². The molecule has 3 heterocycles. The van der Waals surface area contributed by atoms with Crippen molar-refractivity contribution < 1.29 is 14.0 Å². The minimum absolute atomic E-state index is 0.193. The lowest BCUT2D eigenvalue weighted by molar-refractivity contribution is 0.0886. The van der Waals surface area contributed by atoms with Gasteiger partial charge in [-0.05, 0) is 63.4 Å². The van der Waals surface area contributed by atoms with Gasteiger partial charge in [0.15, 0.2) is 15.4 Å². The predicted molar refractivity (Wildman–Crippen MR) is 181 cm³/mol. The van der Waals surface area contributed by atoms with Gasteiger partial charge in [0, 0.05) is 38.9 Å². The molecule has 0 fully saturated rings. The molecule has 0 unspecified atom stereocenters. The number of aromatic nitrogens is 5. The third-order valence-corrected chi connectivity index (χ3v) is 10.6. The third-order valence-electron chi connectivity index (χ3n) is 7.18. The van der Waals surface area contributed by atoms with Crippen molar-refractivity contribution in [1.29, 1.82) is 0 Å². The highest BCUT2D eigenvalue weighted by Crippen LogP contribution is 2.34. The lowest BCUT2D eigenvalue weighted by Gasteiger charge is -2.30. The van der Waals surface area contributed by atoms with Crippen molar-refractivity contribution in [2.45, 2.75) is 104 Å². The number of fused-ring (bicyclic) bond motifs is 2. The zero-order valence-electron chi connectivity index (χ0n) is 28.2. The van der Waals surface area contributed by atoms with Crippen LogP contribution in [0.4, 0.5) is 0 Å². The first-order valence-corrected chi connectivity index (χ1v) is 20.1. The summed E-state index contributed by atoms with van der Waals surface area (Å²) in [4.78, 5) is 23.3. The summed E-state index contributed by atoms with van der Waals surface area (Å²) < 4.78 is 16.3. The number of amides is 1. The van der Waals surface area contributed by atoms with Gasteiger partial charge in [-0.25, -0.2) is 9.97 Å². The molecule has 0 atom stereocenters. The quantitative estimate of drug-likeness (QED) is 0.163. The zero-order chi connectivity index (χ0) is 32.0. The zero-order valence-corrected chi connectivity index (χ0v) is 30.6. The molecule has 4 rings (SSSR count). The van der Waals surface area contributed by atoms with Crippen molar-refractivity contribution in [2.75, 3.05) is 6.61 Å². The highest BCUT2D eigenvalue weighted by molar-refractivity contribution is 6.76. The Hall–Kier alpha value is -2.87. The maximum absolute atomic E-state index is 13.4. The van der Waals surface area contributed by atoms with Crippen LogP contribution in [-0.4, -0.2) is 60.2 Å². The molecule has 9 nitrogen and oxygen atoms in total. The molecule has 0 aliphatic rings. The number of ether oxygens (including phenoxy) is 1. The molecule has 0 bridgehead atoms. The van der Waals surface area contributed by atoms with E-state index in [1.54, 1.807) is 12.4 Å². The second kappa shape index (κ2) is 11.9. The Kier molecular flexibility index (Phi) is 9.15. The van der Waals surface area contributed by atoms with Crippen LogP contribution in [0.2, 0.25) is 30.7 Å². The molecular formula is C32H50N6O3Si2. The minimum Gasteiger partial charge on any atom is -0.415 e. The second-order valence-corrected chi connectivity index (χ2v) is 23.9. The van der Waals surface area contributed by atoms with E-state index in [2.05, 4.69) is 77.8 Å². The van der Waals surface area contributed by atoms with E-state index in [9.17, 15) is 4.79 Å². The molecular weight excluding hydrogens is 573 g/mol. The molecule has 234 valence electrons. The molecule has 43 heavy (non-hydrogen) atoms. The topological polar surface area (TPSA) is 96.1 Å². The number of nitrogens with one attached hydrogen (secondary N) is 1. The molecule has 1 N–H and O–H groups in total. The molecule has 3 aromatic heterocycles. The molecule has 1 amide bonds. The molecule has 0 aliphatic carbocycles. The number of benzene rings is 1. The Bertz CT molecular complexity index is 1620. The van der Waals surface area contributed by atoms with E-state index in [1.807, 2.05) is 37.1 Å². The van der Waals surface area contributed by atoms with Crippen molar-refractivity contribution in [3.63, 3.8) is 0 Å². The Morgan fingerprint density at radius 1 is 1.07 bits per heavy atom. The largest absolute Gasteiger partial charge is 0.415 e. The smallest absolute Gasteiger partial charge is 0.255 e. The fourth-order valence-electron chi connectivity index (χ4n) is 4.69. The fourth-order valence-corrected chi connectivity index (χ4v) is 6.41. The first kappa shape index (κ1) is 33.0. The number of rotatable bonds is 10. The van der Waals surface area contributed by atoms with Crippen LogP contribution in [0.1, 0.15) is 71.3 Å². The highest BCUT2D eigenvalue weighted by atomic mass is 28.3. The van der Waals surface area contributed by atoms with Crippen molar-refractivity contribution >= 4 is 45.8 Å². The lowest BCUT2D eigenvalue weighted by atomic mass is 9.96. The monoisotopic (exact) mass is 622 g/mol. The SMILES string of the molecule is Cn1nc(-c2cnc3c(n2)c(C(=O)NC(C)(C)C)cn3COCC[Si](C)(C)C)c2cc(C(C)(C)O[SiH2]C(C)(C)C)ccc21. The minimum atomic E-state index is -1.22. The predicted octanol–water partition coefficient (Wildman–Crippen LogP) is 6.38. The van der Waals surface area contributed by atoms with E-state index < -0.39 is 29.0 Å². The van der Waals surface area contributed by atoms with Crippen LogP contribution < -0.4 is 5.32 Å². The van der Waals surface area contributed by atoms with Gasteiger partial charge in [-0.2, -0.15) is 5.10 Å². The number of hydrogen-bond acceptors (Lipinski definition) is 6. The maximum Gasteiger partial charge on any atom is 0.255 e. The van der Waals surface area contributed by atoms with Gasteiger partial charge in [0.2, 0.25) is 0 Å². The van der Waals surface area contributed by atoms with Crippen LogP contribution >= 0.6 is 0 Å². The molecule has 0 aliphatic heterocycles. The van der Waals surface area contributed by atoms with E-state index in [-0.39, 0.29) is 10.9 Å². The van der Waals surface area contributed by atoms with Crippen LogP contribution in [-0.2, 0) is 28.5 Å². The number of hydrogen-bond donors (Lipinski definition) is 1. The summed E-state index contributed by atoms with van der Waals surface area (Å²) in [7, 11) is -0.0504. The van der Waals surface area contributed by atoms with E-state index >= 15 is 0 Å². The van der Waals surface area contributed by atoms with Crippen LogP contribution in [0.3, 0.4) is 0 Å². The van der Waals surface area contributed by atoms with Gasteiger partial charge in [0.1, 0.15) is 23.6 Å². The van der Waals surface area contributed by atoms with Crippen molar-refractivity contribution in [3.05, 3.63) is 41.7 Å². The van der Waals surface area contributed by atoms with E-state index in [0.29, 0.717) is 35.8 Å². The van der Waals surface area contributed by atoms with Crippen LogP contribution in [0.5, 0.6) is 0 Å². The summed E-state index contributed by atoms with van der Waals surface area (Å²) in [6.07, 6.45) is 3.55. The number of aryl methyl sites for hydroxylation is 1. The van der Waals surface area contributed by atoms with Crippen LogP contribution in [0, 0.1) is 0 Å². The first-order valence-electron chi connectivity index (χ1n) is 15.1. The lowest BCUT2D eigenvalue weighted by Crippen LogP contribution is -2.40. The maximum atomic E-state index is 13.4. The van der Waals surface area contributed by atoms with Gasteiger partial charge < -0.3 is 19.0 Å². The first-order chi connectivity index (χ1) is 19.7. The van der Waals surface area contributed by atoms with E-state index in [4.69, 9.17) is 24.2 Å². The number of nitrogens with zero attached hydrogens (tertiary/aromatic N) is 5. The Labute approximate surface area is 259 Å². The van der Waals surface area contributed by atoms with Gasteiger partial charge in [-0.3, -0.25) is 9.48 Å². The van der Waals surface area contributed by atoms with Gasteiger partial charge in [0.25, 0.3) is 5.91 Å². The summed E-state index contributed by atoms with van der Waals surface area (Å²) in [6, 6.07) is 7.43. The Morgan fingerprint density at radius 3 is 2.40 bits per heavy atom. The van der Waals surface area contributed by atoms with Gasteiger partial charge in [-0.1, -0.05) is 46.5 Å². The standard InChI is InChI=1S/C32H50N6O3Si2/c1-30(2,3)35-29(39)23-19-38(20-40-15-16-43(10,11)12)28-27(23)34-24(18-33-28)26-22-17-21(13-14-25(22)37(9)36-26)32(7,8)41-42-31(4,5)6/h13-14,17-19H,15-16,20,42H2,1-12H3,(H,35,39). The van der Waals surface area contributed by atoms with Gasteiger partial charge in [-0.15, -0.1) is 0 Å². The summed E-state index contributed by atoms with van der Waals surface area (Å²) >= 11 is 0. The Morgan fingerprint density at radius 2 is 1.77 bits per heavy atom. The molecule has 0 radical (unpaired) electrons. The van der Waals surface area contributed by atoms with Crippen molar-refractivity contribution in [1.82, 2.24) is 29.6 Å². The Balaban J connectivity index is 1.77. The molecule has 4 aromatic rings. The molecule has 0 saturated carbocycles. The molecule has 11 heteroatoms. The van der Waals surface area contributed by atoms with Crippen LogP contribution in [0.15, 0.2) is 30.6 Å². The summed E-state index contributed by atoms with van der Waals surface area (Å²) in [5.41, 5.74) is 4.19. The van der Waals surface area contributed by atoms with E-state index in [1.165, 1.54) is 0 Å². The molecule has 1 aromatic carbocycles. The molecule has 0 spiro atoms. The highest BCUT2D eigenvalue weighted by Gasteiger charge is 2.27. The molecule has 0 saturated heterocycles. The average Bonchev–Trinajstić information content (AvgIpc) is 3.40. The van der Waals surface area contributed by atoms with E-state index in [0.717, 1.165) is 28.2 Å². The number of carbonyl (C=O) groups excluding carboxylic acids is 1. The summed E-state index contributed by atoms with van der Waals surface area (Å²) in [6.45, 7) is 24.8. The van der Waals surface area contributed by atoms with Gasteiger partial charge in [0.05, 0.1) is 22.9 Å². The summed E-state index contributed by atoms with van der Waals surface area (Å²) in [5, 5.41) is 9.10.